The van der Waals surface area contributed by atoms with E-state index in [0.29, 0.717) is 0 Å². The van der Waals surface area contributed by atoms with E-state index in [1.165, 1.54) is 0 Å². The first kappa shape index (κ1) is 20.3. The van der Waals surface area contributed by atoms with E-state index in [4.69, 9.17) is 4.43 Å². The smallest absolute Gasteiger partial charge is 0.258 e. The van der Waals surface area contributed by atoms with E-state index in [2.05, 4.69) is 57.5 Å². The first-order chi connectivity index (χ1) is 10.6. The molecule has 2 nitrogen and oxygen atoms in total. The Morgan fingerprint density at radius 1 is 1.04 bits per heavy atom. The fourth-order valence-corrected chi connectivity index (χ4v) is 8.98. The number of alkyl halides is 1. The maximum Gasteiger partial charge on any atom is 0.258 e. The van der Waals surface area contributed by atoms with E-state index in [1.54, 1.807) is 0 Å². The molecule has 6 heteroatoms. The lowest BCUT2D eigenvalue weighted by molar-refractivity contribution is 0.101. The van der Waals surface area contributed by atoms with Crippen molar-refractivity contribution in [3.8, 4) is 5.75 Å². The van der Waals surface area contributed by atoms with Gasteiger partial charge in [0.25, 0.3) is 8.32 Å². The summed E-state index contributed by atoms with van der Waals surface area (Å²) in [6, 6.07) is 1.95. The van der Waals surface area contributed by atoms with Crippen molar-refractivity contribution in [2.45, 2.75) is 58.2 Å². The van der Waals surface area contributed by atoms with Gasteiger partial charge in [-0.1, -0.05) is 57.5 Å². The molecule has 0 N–H and O–H groups in total. The van der Waals surface area contributed by atoms with Crippen molar-refractivity contribution >= 4 is 30.0 Å². The lowest BCUT2D eigenvalue weighted by atomic mass is 10.1. The van der Waals surface area contributed by atoms with Gasteiger partial charge in [0.15, 0.2) is 11.6 Å². The zero-order chi connectivity index (χ0) is 17.9. The molecular weight excluding hydrogens is 382 g/mol. The van der Waals surface area contributed by atoms with E-state index in [0.717, 1.165) is 12.1 Å². The highest BCUT2D eigenvalue weighted by atomic mass is 79.9. The average molecular weight is 407 g/mol. The topological polar surface area (TPSA) is 26.3 Å². The second-order valence-electron chi connectivity index (χ2n) is 6.74. The van der Waals surface area contributed by atoms with Gasteiger partial charge in [-0.2, -0.15) is 0 Å². The standard InChI is InChI=1S/C17H25BrF2O2Si/c1-10(2)23(11(3)4,12(5)6)22-17-8-14(19)13(7-15(17)20)16(21)9-18/h7-8,10-12H,9H2,1-6H3. The van der Waals surface area contributed by atoms with Crippen molar-refractivity contribution in [2.24, 2.45) is 0 Å². The van der Waals surface area contributed by atoms with Crippen molar-refractivity contribution in [1.29, 1.82) is 0 Å². The molecule has 0 aliphatic rings. The lowest BCUT2D eigenvalue weighted by Crippen LogP contribution is -2.50. The Kier molecular flexibility index (Phi) is 6.95. The summed E-state index contributed by atoms with van der Waals surface area (Å²) in [6.07, 6.45) is 0. The number of Topliss-reactive ketones (excluding diaryl/α,β-unsaturated/α-hetero) is 1. The predicted octanol–water partition coefficient (Wildman–Crippen LogP) is 6.10. The monoisotopic (exact) mass is 406 g/mol. The van der Waals surface area contributed by atoms with Gasteiger partial charge in [0.05, 0.1) is 10.9 Å². The molecule has 0 saturated heterocycles. The zero-order valence-electron chi connectivity index (χ0n) is 14.5. The summed E-state index contributed by atoms with van der Waals surface area (Å²) in [5.41, 5.74) is 0.481. The minimum absolute atomic E-state index is 0.0494. The van der Waals surface area contributed by atoms with Crippen LogP contribution in [0, 0.1) is 11.6 Å². The summed E-state index contributed by atoms with van der Waals surface area (Å²) >= 11 is 2.97. The van der Waals surface area contributed by atoms with Gasteiger partial charge in [-0.3, -0.25) is 4.79 Å². The van der Waals surface area contributed by atoms with Gasteiger partial charge in [0.2, 0.25) is 0 Å². The quantitative estimate of drug-likeness (QED) is 0.310. The molecule has 0 amide bonds. The minimum Gasteiger partial charge on any atom is -0.541 e. The third kappa shape index (κ3) is 4.02. The van der Waals surface area contributed by atoms with Crippen molar-refractivity contribution < 1.29 is 18.0 Å². The molecule has 0 aliphatic carbocycles. The maximum atomic E-state index is 14.4. The van der Waals surface area contributed by atoms with Crippen molar-refractivity contribution in [2.75, 3.05) is 5.33 Å². The molecule has 130 valence electrons. The Morgan fingerprint density at radius 3 is 1.91 bits per heavy atom. The summed E-state index contributed by atoms with van der Waals surface area (Å²) in [6.45, 7) is 12.4. The van der Waals surface area contributed by atoms with Gasteiger partial charge in [-0.25, -0.2) is 8.78 Å². The van der Waals surface area contributed by atoms with Gasteiger partial charge in [0, 0.05) is 6.07 Å². The van der Waals surface area contributed by atoms with Gasteiger partial charge >= 0.3 is 0 Å². The Labute approximate surface area is 146 Å². The maximum absolute atomic E-state index is 14.4. The van der Waals surface area contributed by atoms with Crippen molar-refractivity contribution in [3.05, 3.63) is 29.3 Å². The van der Waals surface area contributed by atoms with E-state index in [1.807, 2.05) is 0 Å². The summed E-state index contributed by atoms with van der Waals surface area (Å²) in [4.78, 5) is 11.6. The second kappa shape index (κ2) is 7.88. The largest absolute Gasteiger partial charge is 0.541 e. The normalized spacial score (nSPS) is 12.3. The van der Waals surface area contributed by atoms with Gasteiger partial charge in [0.1, 0.15) is 11.6 Å². The summed E-state index contributed by atoms with van der Waals surface area (Å²) in [5, 5.41) is -0.0494. The molecule has 0 heterocycles. The zero-order valence-corrected chi connectivity index (χ0v) is 17.1. The highest BCUT2D eigenvalue weighted by Crippen LogP contribution is 2.43. The molecule has 0 aromatic heterocycles. The lowest BCUT2D eigenvalue weighted by Gasteiger charge is -2.42. The fourth-order valence-electron chi connectivity index (χ4n) is 3.44. The molecule has 0 radical (unpaired) electrons. The fraction of sp³-hybridized carbons (Fsp3) is 0.588. The predicted molar refractivity (Wildman–Crippen MR) is 96.2 cm³/mol. The molecule has 0 aliphatic heterocycles. The number of hydrogen-bond acceptors (Lipinski definition) is 2. The number of ketones is 1. The van der Waals surface area contributed by atoms with Crippen LogP contribution in [0.15, 0.2) is 12.1 Å². The van der Waals surface area contributed by atoms with Crippen LogP contribution in [0.5, 0.6) is 5.75 Å². The van der Waals surface area contributed by atoms with Crippen LogP contribution in [0.25, 0.3) is 0 Å². The van der Waals surface area contributed by atoms with Crippen LogP contribution in [0.4, 0.5) is 8.78 Å². The summed E-state index contributed by atoms with van der Waals surface area (Å²) < 4.78 is 34.8. The second-order valence-corrected chi connectivity index (χ2v) is 12.7. The molecule has 0 bridgehead atoms. The molecular formula is C17H25BrF2O2Si. The molecule has 0 atom stereocenters. The van der Waals surface area contributed by atoms with Crippen LogP contribution >= 0.6 is 15.9 Å². The molecule has 1 aromatic carbocycles. The minimum atomic E-state index is -2.38. The average Bonchev–Trinajstić information content (AvgIpc) is 2.45. The first-order valence-electron chi connectivity index (χ1n) is 7.85. The summed E-state index contributed by atoms with van der Waals surface area (Å²) in [7, 11) is -2.38. The molecule has 0 unspecified atom stereocenters. The highest BCUT2D eigenvalue weighted by Gasteiger charge is 2.47. The van der Waals surface area contributed by atoms with E-state index in [-0.39, 0.29) is 33.3 Å². The van der Waals surface area contributed by atoms with Crippen LogP contribution in [0.3, 0.4) is 0 Å². The molecule has 23 heavy (non-hydrogen) atoms. The SMILES string of the molecule is CC(C)[Si](Oc1cc(F)c(C(=O)CBr)cc1F)(C(C)C)C(C)C. The Bertz CT molecular complexity index is 552. The van der Waals surface area contributed by atoms with Crippen molar-refractivity contribution in [3.63, 3.8) is 0 Å². The molecule has 0 saturated carbocycles. The first-order valence-corrected chi connectivity index (χ1v) is 11.1. The van der Waals surface area contributed by atoms with Crippen LogP contribution in [-0.4, -0.2) is 19.4 Å². The number of carbonyl (C=O) groups excluding carboxylic acids is 1. The molecule has 1 rings (SSSR count). The number of benzene rings is 1. The van der Waals surface area contributed by atoms with E-state index in [9.17, 15) is 13.6 Å². The van der Waals surface area contributed by atoms with Crippen LogP contribution in [-0.2, 0) is 0 Å². The van der Waals surface area contributed by atoms with Crippen LogP contribution < -0.4 is 4.43 Å². The van der Waals surface area contributed by atoms with Crippen LogP contribution in [0.1, 0.15) is 51.9 Å². The molecule has 1 aromatic rings. The molecule has 0 fully saturated rings. The van der Waals surface area contributed by atoms with E-state index >= 15 is 0 Å². The van der Waals surface area contributed by atoms with Gasteiger partial charge in [-0.15, -0.1) is 0 Å². The molecule has 0 spiro atoms. The Balaban J connectivity index is 3.36. The number of rotatable bonds is 7. The Hall–Kier alpha value is -0.753. The third-order valence-corrected chi connectivity index (χ3v) is 10.9. The number of halogens is 3. The van der Waals surface area contributed by atoms with Gasteiger partial charge < -0.3 is 4.43 Å². The van der Waals surface area contributed by atoms with E-state index < -0.39 is 25.7 Å². The third-order valence-electron chi connectivity index (χ3n) is 4.44. The number of carbonyl (C=O) groups is 1. The van der Waals surface area contributed by atoms with Crippen molar-refractivity contribution in [1.82, 2.24) is 0 Å². The van der Waals surface area contributed by atoms with Gasteiger partial charge in [-0.05, 0) is 22.7 Å². The summed E-state index contributed by atoms with van der Waals surface area (Å²) in [5.74, 6) is -2.01. The number of hydrogen-bond donors (Lipinski definition) is 0. The highest BCUT2D eigenvalue weighted by molar-refractivity contribution is 9.09. The Morgan fingerprint density at radius 2 is 1.52 bits per heavy atom. The van der Waals surface area contributed by atoms with Crippen LogP contribution in [0.2, 0.25) is 16.6 Å².